The smallest absolute Gasteiger partial charge is 0.00526 e. The minimum Gasteiger partial charge on any atom is -0.0619 e. The van der Waals surface area contributed by atoms with Crippen LogP contribution in [0, 0.1) is 5.41 Å². The maximum atomic E-state index is 2.34. The van der Waals surface area contributed by atoms with Gasteiger partial charge in [-0.05, 0) is 44.7 Å². The first-order chi connectivity index (χ1) is 12.6. The van der Waals surface area contributed by atoms with Crippen molar-refractivity contribution >= 4 is 16.8 Å². The normalized spacial score (nSPS) is 13.6. The van der Waals surface area contributed by atoms with E-state index < -0.39 is 0 Å². The third-order valence-electron chi connectivity index (χ3n) is 5.34. The van der Waals surface area contributed by atoms with Crippen LogP contribution in [0.4, 0.5) is 0 Å². The number of rotatable bonds is 0. The van der Waals surface area contributed by atoms with Crippen molar-refractivity contribution in [1.29, 1.82) is 0 Å². The van der Waals surface area contributed by atoms with E-state index >= 15 is 0 Å². The fraction of sp³-hybridized carbons (Fsp3) is 0.333. The highest BCUT2D eigenvalue weighted by Gasteiger charge is 2.22. The van der Waals surface area contributed by atoms with Gasteiger partial charge in [0.15, 0.2) is 0 Å². The van der Waals surface area contributed by atoms with Crippen molar-refractivity contribution in [1.82, 2.24) is 0 Å². The molecular formula is C27H32. The molecule has 0 aromatic heterocycles. The van der Waals surface area contributed by atoms with E-state index in [1.807, 2.05) is 0 Å². The minimum atomic E-state index is 0.240. The summed E-state index contributed by atoms with van der Waals surface area (Å²) in [5.41, 5.74) is 6.40. The summed E-state index contributed by atoms with van der Waals surface area (Å²) >= 11 is 0. The van der Waals surface area contributed by atoms with Gasteiger partial charge < -0.3 is 0 Å². The van der Waals surface area contributed by atoms with Crippen LogP contribution < -0.4 is 0 Å². The number of fused-ring (bicyclic) bond motifs is 2. The summed E-state index contributed by atoms with van der Waals surface area (Å²) in [5.74, 6) is 0. The van der Waals surface area contributed by atoms with Gasteiger partial charge in [-0.15, -0.1) is 0 Å². The van der Waals surface area contributed by atoms with Gasteiger partial charge in [0.2, 0.25) is 0 Å². The highest BCUT2D eigenvalue weighted by atomic mass is 14.3. The number of hydrogen-bond acceptors (Lipinski definition) is 0. The number of hydrogen-bond donors (Lipinski definition) is 0. The molecule has 140 valence electrons. The minimum absolute atomic E-state index is 0.240. The Morgan fingerprint density at radius 3 is 1.89 bits per heavy atom. The van der Waals surface area contributed by atoms with Crippen LogP contribution in [-0.2, 0) is 11.8 Å². The molecule has 0 bridgehead atoms. The van der Waals surface area contributed by atoms with Gasteiger partial charge >= 0.3 is 0 Å². The Kier molecular flexibility index (Phi) is 5.29. The summed E-state index contributed by atoms with van der Waals surface area (Å²) in [7, 11) is 0. The molecular weight excluding hydrogens is 324 g/mol. The largest absolute Gasteiger partial charge is 0.0619 e. The maximum Gasteiger partial charge on any atom is -0.00526 e. The van der Waals surface area contributed by atoms with Gasteiger partial charge in [-0.3, -0.25) is 0 Å². The summed E-state index contributed by atoms with van der Waals surface area (Å²) in [4.78, 5) is 0. The molecule has 0 nitrogen and oxygen atoms in total. The van der Waals surface area contributed by atoms with Crippen molar-refractivity contribution in [3.05, 3.63) is 89.0 Å². The Balaban J connectivity index is 0.000000156. The molecule has 0 amide bonds. The van der Waals surface area contributed by atoms with Gasteiger partial charge in [-0.2, -0.15) is 0 Å². The Morgan fingerprint density at radius 2 is 1.26 bits per heavy atom. The quantitative estimate of drug-likeness (QED) is 0.385. The van der Waals surface area contributed by atoms with Crippen LogP contribution in [0.3, 0.4) is 0 Å². The van der Waals surface area contributed by atoms with E-state index in [-0.39, 0.29) is 5.41 Å². The van der Waals surface area contributed by atoms with Crippen LogP contribution in [0.5, 0.6) is 0 Å². The van der Waals surface area contributed by atoms with E-state index in [4.69, 9.17) is 0 Å². The van der Waals surface area contributed by atoms with Crippen molar-refractivity contribution in [3.63, 3.8) is 0 Å². The van der Waals surface area contributed by atoms with Crippen LogP contribution in [0.25, 0.3) is 16.8 Å². The summed E-state index contributed by atoms with van der Waals surface area (Å²) < 4.78 is 0. The van der Waals surface area contributed by atoms with E-state index in [0.29, 0.717) is 5.41 Å². The molecule has 0 aliphatic heterocycles. The molecule has 0 saturated heterocycles. The van der Waals surface area contributed by atoms with E-state index in [0.717, 1.165) is 6.42 Å². The van der Waals surface area contributed by atoms with E-state index in [1.165, 1.54) is 27.5 Å². The third-order valence-corrected chi connectivity index (χ3v) is 5.34. The zero-order valence-corrected chi connectivity index (χ0v) is 17.6. The van der Waals surface area contributed by atoms with E-state index in [9.17, 15) is 0 Å². The second-order valence-corrected chi connectivity index (χ2v) is 9.61. The highest BCUT2D eigenvalue weighted by molar-refractivity contribution is 5.83. The highest BCUT2D eigenvalue weighted by Crippen LogP contribution is 2.35. The lowest BCUT2D eigenvalue weighted by molar-refractivity contribution is 0.498. The molecule has 0 N–H and O–H groups in total. The topological polar surface area (TPSA) is 0 Å². The molecule has 0 spiro atoms. The first-order valence-electron chi connectivity index (χ1n) is 9.93. The molecule has 27 heavy (non-hydrogen) atoms. The standard InChI is InChI=1S/C14H16.C13H16/c1-14(2,3)13-9-8-11-6-4-5-7-12(11)10-13;1-13(2,3)12-8-10-6-4-5-7-11(10)9-12/h4-10H,1-3H3;4-8H,9H2,1-3H3. The molecule has 4 rings (SSSR count). The van der Waals surface area contributed by atoms with Crippen molar-refractivity contribution < 1.29 is 0 Å². The van der Waals surface area contributed by atoms with Crippen molar-refractivity contribution in [2.75, 3.05) is 0 Å². The van der Waals surface area contributed by atoms with Gasteiger partial charge in [0.05, 0.1) is 0 Å². The lowest BCUT2D eigenvalue weighted by atomic mass is 9.85. The number of allylic oxidation sites excluding steroid dienone is 1. The summed E-state index contributed by atoms with van der Waals surface area (Å²) in [5, 5.41) is 2.65. The fourth-order valence-corrected chi connectivity index (χ4v) is 3.42. The molecule has 3 aromatic carbocycles. The Bertz CT molecular complexity index is 959. The zero-order valence-electron chi connectivity index (χ0n) is 17.6. The van der Waals surface area contributed by atoms with Crippen LogP contribution in [0.15, 0.2) is 72.3 Å². The van der Waals surface area contributed by atoms with Gasteiger partial charge in [-0.25, -0.2) is 0 Å². The molecule has 0 radical (unpaired) electrons. The van der Waals surface area contributed by atoms with Crippen molar-refractivity contribution in [2.45, 2.75) is 53.4 Å². The molecule has 0 atom stereocenters. The number of benzene rings is 3. The van der Waals surface area contributed by atoms with E-state index in [2.05, 4.69) is 114 Å². The van der Waals surface area contributed by atoms with Crippen LogP contribution in [-0.4, -0.2) is 0 Å². The Morgan fingerprint density at radius 1 is 0.630 bits per heavy atom. The first kappa shape index (κ1) is 19.4. The summed E-state index contributed by atoms with van der Waals surface area (Å²) in [6.07, 6.45) is 3.48. The summed E-state index contributed by atoms with van der Waals surface area (Å²) in [6.45, 7) is 13.6. The second kappa shape index (κ2) is 7.35. The van der Waals surface area contributed by atoms with Crippen molar-refractivity contribution in [3.8, 4) is 0 Å². The lowest BCUT2D eigenvalue weighted by Gasteiger charge is -2.19. The third kappa shape index (κ3) is 4.69. The van der Waals surface area contributed by atoms with Gasteiger partial charge in [-0.1, -0.05) is 120 Å². The van der Waals surface area contributed by atoms with Crippen LogP contribution in [0.1, 0.15) is 58.2 Å². The molecule has 0 heteroatoms. The van der Waals surface area contributed by atoms with Gasteiger partial charge in [0, 0.05) is 0 Å². The molecule has 0 fully saturated rings. The SMILES string of the molecule is CC(C)(C)C1=Cc2ccccc2C1.CC(C)(C)c1ccc2ccccc2c1. The first-order valence-corrected chi connectivity index (χ1v) is 9.93. The molecule has 1 aliphatic carbocycles. The van der Waals surface area contributed by atoms with Gasteiger partial charge in [0.1, 0.15) is 0 Å². The fourth-order valence-electron chi connectivity index (χ4n) is 3.42. The Hall–Kier alpha value is -2.34. The molecule has 0 saturated carbocycles. The molecule has 3 aromatic rings. The lowest BCUT2D eigenvalue weighted by Crippen LogP contribution is -2.10. The van der Waals surface area contributed by atoms with Crippen molar-refractivity contribution in [2.24, 2.45) is 5.41 Å². The molecule has 0 heterocycles. The average molecular weight is 357 g/mol. The Labute approximate surface area is 164 Å². The zero-order chi connectivity index (χ0) is 19.7. The predicted molar refractivity (Wildman–Crippen MR) is 120 cm³/mol. The maximum absolute atomic E-state index is 2.34. The van der Waals surface area contributed by atoms with E-state index in [1.54, 1.807) is 5.57 Å². The molecule has 1 aliphatic rings. The monoisotopic (exact) mass is 356 g/mol. The summed E-state index contributed by atoms with van der Waals surface area (Å²) in [6, 6.07) is 23.9. The predicted octanol–water partition coefficient (Wildman–Crippen LogP) is 7.81. The van der Waals surface area contributed by atoms with Crippen LogP contribution >= 0.6 is 0 Å². The van der Waals surface area contributed by atoms with Crippen LogP contribution in [0.2, 0.25) is 0 Å². The molecule has 0 unspecified atom stereocenters. The van der Waals surface area contributed by atoms with Gasteiger partial charge in [0.25, 0.3) is 0 Å². The second-order valence-electron chi connectivity index (χ2n) is 9.61. The average Bonchev–Trinajstić information content (AvgIpc) is 3.06.